The van der Waals surface area contributed by atoms with Crippen LogP contribution in [0.4, 0.5) is 10.5 Å². The van der Waals surface area contributed by atoms with Gasteiger partial charge in [0.15, 0.2) is 0 Å². The van der Waals surface area contributed by atoms with Crippen LogP contribution in [0.15, 0.2) is 54.6 Å². The van der Waals surface area contributed by atoms with Gasteiger partial charge in [-0.3, -0.25) is 4.90 Å². The zero-order valence-electron chi connectivity index (χ0n) is 16.7. The van der Waals surface area contributed by atoms with Crippen LogP contribution in [0.1, 0.15) is 30.4 Å². The molecule has 2 aliphatic rings. The summed E-state index contributed by atoms with van der Waals surface area (Å²) in [6, 6.07) is 18.9. The van der Waals surface area contributed by atoms with Crippen molar-refractivity contribution in [3.05, 3.63) is 65.7 Å². The normalized spacial score (nSPS) is 23.0. The molecule has 2 fully saturated rings. The summed E-state index contributed by atoms with van der Waals surface area (Å²) in [6.45, 7) is 6.02. The Morgan fingerprint density at radius 3 is 2.75 bits per heavy atom. The second kappa shape index (κ2) is 8.78. The zero-order chi connectivity index (χ0) is 19.3. The van der Waals surface area contributed by atoms with E-state index in [1.807, 2.05) is 31.2 Å². The SMILES string of the molecule is Cc1cccc(N2CC(CCN3CCCC(Cc4ccccc4)C3)OC2=O)c1. The number of ether oxygens (including phenoxy) is 1. The molecule has 0 saturated carbocycles. The topological polar surface area (TPSA) is 32.8 Å². The average Bonchev–Trinajstić information content (AvgIpc) is 3.08. The van der Waals surface area contributed by atoms with Gasteiger partial charge in [-0.1, -0.05) is 42.5 Å². The van der Waals surface area contributed by atoms with E-state index in [1.54, 1.807) is 4.90 Å². The summed E-state index contributed by atoms with van der Waals surface area (Å²) >= 11 is 0. The molecule has 0 radical (unpaired) electrons. The number of likely N-dealkylation sites (tertiary alicyclic amines) is 1. The molecule has 2 aromatic carbocycles. The molecule has 2 heterocycles. The second-order valence-corrected chi connectivity index (χ2v) is 8.24. The fraction of sp³-hybridized carbons (Fsp3) is 0.458. The van der Waals surface area contributed by atoms with Gasteiger partial charge in [0, 0.05) is 18.8 Å². The minimum atomic E-state index is -0.212. The van der Waals surface area contributed by atoms with Crippen LogP contribution in [-0.2, 0) is 11.2 Å². The lowest BCUT2D eigenvalue weighted by molar-refractivity contribution is 0.113. The minimum absolute atomic E-state index is 0.0116. The number of carbonyl (C=O) groups is 1. The van der Waals surface area contributed by atoms with Gasteiger partial charge in [-0.05, 0) is 68.3 Å². The predicted octanol–water partition coefficient (Wildman–Crippen LogP) is 4.67. The van der Waals surface area contributed by atoms with Crippen molar-refractivity contribution in [1.82, 2.24) is 4.90 Å². The molecule has 0 spiro atoms. The molecule has 1 amide bonds. The molecule has 2 saturated heterocycles. The Labute approximate surface area is 168 Å². The molecule has 0 N–H and O–H groups in total. The van der Waals surface area contributed by atoms with E-state index in [4.69, 9.17) is 4.74 Å². The molecule has 2 unspecified atom stereocenters. The van der Waals surface area contributed by atoms with E-state index in [0.717, 1.165) is 49.6 Å². The number of cyclic esters (lactones) is 1. The van der Waals surface area contributed by atoms with Crippen molar-refractivity contribution >= 4 is 11.8 Å². The van der Waals surface area contributed by atoms with Gasteiger partial charge in [0.25, 0.3) is 0 Å². The van der Waals surface area contributed by atoms with Crippen LogP contribution in [0.2, 0.25) is 0 Å². The molecule has 0 bridgehead atoms. The van der Waals surface area contributed by atoms with Gasteiger partial charge in [-0.15, -0.1) is 0 Å². The third kappa shape index (κ3) is 4.74. The number of hydrogen-bond acceptors (Lipinski definition) is 3. The number of rotatable bonds is 6. The first-order valence-corrected chi connectivity index (χ1v) is 10.5. The van der Waals surface area contributed by atoms with Crippen LogP contribution >= 0.6 is 0 Å². The Hall–Kier alpha value is -2.33. The first kappa shape index (κ1) is 19.0. The van der Waals surface area contributed by atoms with Gasteiger partial charge in [-0.2, -0.15) is 0 Å². The number of aryl methyl sites for hydroxylation is 1. The van der Waals surface area contributed by atoms with Crippen LogP contribution < -0.4 is 4.90 Å². The van der Waals surface area contributed by atoms with E-state index in [-0.39, 0.29) is 12.2 Å². The summed E-state index contributed by atoms with van der Waals surface area (Å²) in [7, 11) is 0. The number of benzene rings is 2. The maximum atomic E-state index is 12.3. The van der Waals surface area contributed by atoms with Crippen molar-refractivity contribution in [2.24, 2.45) is 5.92 Å². The molecule has 2 atom stereocenters. The molecule has 148 valence electrons. The Kier molecular flexibility index (Phi) is 5.96. The van der Waals surface area contributed by atoms with E-state index in [0.29, 0.717) is 6.54 Å². The molecular formula is C24H30N2O2. The van der Waals surface area contributed by atoms with Crippen LogP contribution in [0.25, 0.3) is 0 Å². The highest BCUT2D eigenvalue weighted by Gasteiger charge is 2.32. The molecule has 2 aromatic rings. The van der Waals surface area contributed by atoms with Crippen LogP contribution in [0.5, 0.6) is 0 Å². The maximum Gasteiger partial charge on any atom is 0.414 e. The number of nitrogens with zero attached hydrogens (tertiary/aromatic N) is 2. The largest absolute Gasteiger partial charge is 0.444 e. The highest BCUT2D eigenvalue weighted by Crippen LogP contribution is 2.25. The number of piperidine rings is 1. The van der Waals surface area contributed by atoms with E-state index < -0.39 is 0 Å². The first-order chi connectivity index (χ1) is 13.7. The van der Waals surface area contributed by atoms with Crippen molar-refractivity contribution in [3.8, 4) is 0 Å². The average molecular weight is 379 g/mol. The van der Waals surface area contributed by atoms with Crippen molar-refractivity contribution < 1.29 is 9.53 Å². The molecule has 2 aliphatic heterocycles. The van der Waals surface area contributed by atoms with Gasteiger partial charge >= 0.3 is 6.09 Å². The van der Waals surface area contributed by atoms with Gasteiger partial charge in [-0.25, -0.2) is 4.79 Å². The maximum absolute atomic E-state index is 12.3. The fourth-order valence-electron chi connectivity index (χ4n) is 4.47. The van der Waals surface area contributed by atoms with Crippen molar-refractivity contribution in [2.45, 2.75) is 38.7 Å². The smallest absolute Gasteiger partial charge is 0.414 e. The molecule has 0 aromatic heterocycles. The summed E-state index contributed by atoms with van der Waals surface area (Å²) in [5, 5.41) is 0. The summed E-state index contributed by atoms with van der Waals surface area (Å²) in [5.41, 5.74) is 3.53. The molecule has 4 nitrogen and oxygen atoms in total. The first-order valence-electron chi connectivity index (χ1n) is 10.5. The standard InChI is InChI=1S/C24H30N2O2/c1-19-7-5-11-22(15-19)26-18-23(28-24(26)27)12-14-25-13-6-10-21(17-25)16-20-8-3-2-4-9-20/h2-5,7-9,11,15,21,23H,6,10,12-14,16-18H2,1H3. The quantitative estimate of drug-likeness (QED) is 0.733. The Balaban J connectivity index is 1.27. The molecule has 4 heteroatoms. The molecular weight excluding hydrogens is 348 g/mol. The van der Waals surface area contributed by atoms with Gasteiger partial charge in [0.1, 0.15) is 6.10 Å². The third-order valence-corrected chi connectivity index (χ3v) is 5.93. The Bertz CT molecular complexity index is 792. The zero-order valence-corrected chi connectivity index (χ0v) is 16.7. The highest BCUT2D eigenvalue weighted by atomic mass is 16.6. The van der Waals surface area contributed by atoms with Gasteiger partial charge in [0.05, 0.1) is 6.54 Å². The summed E-state index contributed by atoms with van der Waals surface area (Å²) < 4.78 is 5.64. The minimum Gasteiger partial charge on any atom is -0.444 e. The summed E-state index contributed by atoms with van der Waals surface area (Å²) in [6.07, 6.45) is 4.42. The molecule has 0 aliphatic carbocycles. The third-order valence-electron chi connectivity index (χ3n) is 5.93. The number of anilines is 1. The summed E-state index contributed by atoms with van der Waals surface area (Å²) in [4.78, 5) is 16.6. The van der Waals surface area contributed by atoms with Gasteiger partial charge in [0.2, 0.25) is 0 Å². The lowest BCUT2D eigenvalue weighted by Gasteiger charge is -2.33. The Morgan fingerprint density at radius 1 is 1.07 bits per heavy atom. The lowest BCUT2D eigenvalue weighted by Crippen LogP contribution is -2.38. The number of amides is 1. The van der Waals surface area contributed by atoms with Crippen molar-refractivity contribution in [2.75, 3.05) is 31.1 Å². The van der Waals surface area contributed by atoms with Crippen LogP contribution in [-0.4, -0.2) is 43.3 Å². The van der Waals surface area contributed by atoms with E-state index >= 15 is 0 Å². The number of carbonyl (C=O) groups excluding carboxylic acids is 1. The monoisotopic (exact) mass is 378 g/mol. The highest BCUT2D eigenvalue weighted by molar-refractivity contribution is 5.89. The lowest BCUT2D eigenvalue weighted by atomic mass is 9.91. The van der Waals surface area contributed by atoms with E-state index in [9.17, 15) is 4.79 Å². The Morgan fingerprint density at radius 2 is 1.93 bits per heavy atom. The van der Waals surface area contributed by atoms with Gasteiger partial charge < -0.3 is 9.64 Å². The van der Waals surface area contributed by atoms with E-state index in [1.165, 1.54) is 18.4 Å². The summed E-state index contributed by atoms with van der Waals surface area (Å²) in [5.74, 6) is 0.728. The number of hydrogen-bond donors (Lipinski definition) is 0. The van der Waals surface area contributed by atoms with Crippen LogP contribution in [0.3, 0.4) is 0 Å². The molecule has 28 heavy (non-hydrogen) atoms. The van der Waals surface area contributed by atoms with Crippen molar-refractivity contribution in [1.29, 1.82) is 0 Å². The fourth-order valence-corrected chi connectivity index (χ4v) is 4.47. The van der Waals surface area contributed by atoms with Crippen LogP contribution in [0, 0.1) is 12.8 Å². The molecule has 4 rings (SSSR count). The van der Waals surface area contributed by atoms with Crippen molar-refractivity contribution in [3.63, 3.8) is 0 Å². The van der Waals surface area contributed by atoms with E-state index in [2.05, 4.69) is 35.2 Å². The second-order valence-electron chi connectivity index (χ2n) is 8.24. The predicted molar refractivity (Wildman–Crippen MR) is 113 cm³/mol.